The van der Waals surface area contributed by atoms with Crippen molar-refractivity contribution in [1.29, 1.82) is 0 Å². The van der Waals surface area contributed by atoms with Gasteiger partial charge in [-0.2, -0.15) is 10.2 Å². The molecular formula is C18H19N5O3. The third-order valence-corrected chi connectivity index (χ3v) is 4.45. The molecule has 0 radical (unpaired) electrons. The maximum absolute atomic E-state index is 12.8. The normalized spacial score (nSPS) is 14.7. The van der Waals surface area contributed by atoms with E-state index < -0.39 is 0 Å². The first kappa shape index (κ1) is 16.5. The first-order chi connectivity index (χ1) is 12.6. The van der Waals surface area contributed by atoms with Crippen molar-refractivity contribution in [1.82, 2.24) is 24.3 Å². The van der Waals surface area contributed by atoms with Crippen LogP contribution in [0.15, 0.2) is 41.2 Å². The average molecular weight is 353 g/mol. The van der Waals surface area contributed by atoms with Crippen molar-refractivity contribution in [3.63, 3.8) is 0 Å². The molecule has 0 N–H and O–H groups in total. The number of aryl methyl sites for hydroxylation is 1. The number of amides is 1. The fourth-order valence-electron chi connectivity index (χ4n) is 3.07. The molecule has 1 saturated heterocycles. The number of carbonyl (C=O) groups excluding carboxylic acids is 1. The van der Waals surface area contributed by atoms with E-state index in [1.165, 1.54) is 9.20 Å². The second-order valence-corrected chi connectivity index (χ2v) is 6.20. The third-order valence-electron chi connectivity index (χ3n) is 4.45. The van der Waals surface area contributed by atoms with E-state index in [0.29, 0.717) is 43.3 Å². The van der Waals surface area contributed by atoms with E-state index in [0.717, 1.165) is 5.56 Å². The van der Waals surface area contributed by atoms with E-state index in [2.05, 4.69) is 10.2 Å². The summed E-state index contributed by atoms with van der Waals surface area (Å²) in [5.41, 5.74) is 1.70. The monoisotopic (exact) mass is 353 g/mol. The Morgan fingerprint density at radius 1 is 1.15 bits per heavy atom. The van der Waals surface area contributed by atoms with Crippen LogP contribution in [-0.4, -0.2) is 56.5 Å². The minimum Gasteiger partial charge on any atom is -0.378 e. The first-order valence-corrected chi connectivity index (χ1v) is 8.52. The smallest absolute Gasteiger partial charge is 0.293 e. The van der Waals surface area contributed by atoms with Crippen LogP contribution < -0.4 is 5.56 Å². The fourth-order valence-corrected chi connectivity index (χ4v) is 3.07. The molecule has 1 aliphatic heterocycles. The molecule has 1 aromatic carbocycles. The second-order valence-electron chi connectivity index (χ2n) is 6.20. The van der Waals surface area contributed by atoms with Crippen LogP contribution in [0.2, 0.25) is 0 Å². The zero-order valence-corrected chi connectivity index (χ0v) is 14.5. The van der Waals surface area contributed by atoms with Gasteiger partial charge in [0.05, 0.1) is 18.9 Å². The first-order valence-electron chi connectivity index (χ1n) is 8.52. The summed E-state index contributed by atoms with van der Waals surface area (Å²) in [5, 5.41) is 8.75. The van der Waals surface area contributed by atoms with Crippen molar-refractivity contribution in [2.75, 3.05) is 26.3 Å². The summed E-state index contributed by atoms with van der Waals surface area (Å²) >= 11 is 0. The number of hydrogen-bond acceptors (Lipinski definition) is 5. The van der Waals surface area contributed by atoms with Crippen LogP contribution in [0.3, 0.4) is 0 Å². The maximum atomic E-state index is 12.8. The van der Waals surface area contributed by atoms with Gasteiger partial charge in [-0.25, -0.2) is 9.20 Å². The van der Waals surface area contributed by atoms with E-state index in [-0.39, 0.29) is 18.0 Å². The minimum absolute atomic E-state index is 0.0813. The van der Waals surface area contributed by atoms with Crippen molar-refractivity contribution in [3.05, 3.63) is 52.6 Å². The Labute approximate surface area is 149 Å². The summed E-state index contributed by atoms with van der Waals surface area (Å²) in [5.74, 6) is 0.422. The van der Waals surface area contributed by atoms with E-state index >= 15 is 0 Å². The van der Waals surface area contributed by atoms with Gasteiger partial charge in [0, 0.05) is 18.7 Å². The topological polar surface area (TPSA) is 81.7 Å². The molecule has 3 aromatic rings. The summed E-state index contributed by atoms with van der Waals surface area (Å²) in [4.78, 5) is 26.9. The van der Waals surface area contributed by atoms with Crippen LogP contribution >= 0.6 is 0 Å². The fraction of sp³-hybridized carbons (Fsp3) is 0.333. The highest BCUT2D eigenvalue weighted by molar-refractivity contribution is 5.76. The summed E-state index contributed by atoms with van der Waals surface area (Å²) in [7, 11) is 0. The number of benzene rings is 1. The molecule has 1 amide bonds. The number of nitrogens with zero attached hydrogens (tertiary/aromatic N) is 5. The van der Waals surface area contributed by atoms with Crippen LogP contribution in [0.1, 0.15) is 5.82 Å². The number of carbonyl (C=O) groups is 1. The lowest BCUT2D eigenvalue weighted by molar-refractivity contribution is -0.136. The SMILES string of the molecule is Cc1nn(CC(=O)N2CCOCC2)c(=O)c2cc(-c3ccccc3)nn12. The van der Waals surface area contributed by atoms with Crippen molar-refractivity contribution >= 4 is 11.4 Å². The summed E-state index contributed by atoms with van der Waals surface area (Å²) in [6.07, 6.45) is 0. The van der Waals surface area contributed by atoms with Gasteiger partial charge in [-0.05, 0) is 13.0 Å². The average Bonchev–Trinajstić information content (AvgIpc) is 3.14. The molecular weight excluding hydrogens is 334 g/mol. The van der Waals surface area contributed by atoms with Crippen LogP contribution in [-0.2, 0) is 16.1 Å². The van der Waals surface area contributed by atoms with Crippen LogP contribution in [0.5, 0.6) is 0 Å². The van der Waals surface area contributed by atoms with Crippen LogP contribution in [0.25, 0.3) is 16.8 Å². The molecule has 134 valence electrons. The Hall–Kier alpha value is -3.00. The summed E-state index contributed by atoms with van der Waals surface area (Å²) in [6, 6.07) is 11.4. The number of morpholine rings is 1. The highest BCUT2D eigenvalue weighted by atomic mass is 16.5. The molecule has 0 saturated carbocycles. The van der Waals surface area contributed by atoms with E-state index in [9.17, 15) is 9.59 Å². The number of aromatic nitrogens is 4. The van der Waals surface area contributed by atoms with Gasteiger partial charge in [-0.3, -0.25) is 9.59 Å². The van der Waals surface area contributed by atoms with Gasteiger partial charge < -0.3 is 9.64 Å². The molecule has 0 bridgehead atoms. The third kappa shape index (κ3) is 2.99. The highest BCUT2D eigenvalue weighted by Gasteiger charge is 2.20. The quantitative estimate of drug-likeness (QED) is 0.693. The molecule has 0 atom stereocenters. The largest absolute Gasteiger partial charge is 0.378 e. The molecule has 1 fully saturated rings. The van der Waals surface area contributed by atoms with Crippen molar-refractivity contribution < 1.29 is 9.53 Å². The number of rotatable bonds is 3. The molecule has 8 nitrogen and oxygen atoms in total. The standard InChI is InChI=1S/C18H19N5O3/c1-13-19-22(12-17(24)21-7-9-26-10-8-21)18(25)16-11-15(20-23(13)16)14-5-3-2-4-6-14/h2-6,11H,7-10,12H2,1H3. The predicted octanol–water partition coefficient (Wildman–Crippen LogP) is 0.725. The Morgan fingerprint density at radius 2 is 1.88 bits per heavy atom. The maximum Gasteiger partial charge on any atom is 0.293 e. The minimum atomic E-state index is -0.327. The molecule has 4 rings (SSSR count). The van der Waals surface area contributed by atoms with Gasteiger partial charge >= 0.3 is 0 Å². The zero-order valence-electron chi connectivity index (χ0n) is 14.5. The summed E-state index contributed by atoms with van der Waals surface area (Å²) in [6.45, 7) is 3.82. The predicted molar refractivity (Wildman–Crippen MR) is 94.8 cm³/mol. The van der Waals surface area contributed by atoms with Gasteiger partial charge in [-0.15, -0.1) is 0 Å². The van der Waals surface area contributed by atoms with Gasteiger partial charge in [0.15, 0.2) is 0 Å². The molecule has 0 unspecified atom stereocenters. The Kier molecular flexibility index (Phi) is 4.26. The van der Waals surface area contributed by atoms with Crippen molar-refractivity contribution in [3.8, 4) is 11.3 Å². The van der Waals surface area contributed by atoms with Gasteiger partial charge in [0.2, 0.25) is 5.91 Å². The molecule has 0 spiro atoms. The van der Waals surface area contributed by atoms with Crippen molar-refractivity contribution in [2.24, 2.45) is 0 Å². The Balaban J connectivity index is 1.69. The molecule has 3 heterocycles. The van der Waals surface area contributed by atoms with Gasteiger partial charge in [0.25, 0.3) is 5.56 Å². The lowest BCUT2D eigenvalue weighted by atomic mass is 10.1. The molecule has 1 aliphatic rings. The van der Waals surface area contributed by atoms with Gasteiger partial charge in [0.1, 0.15) is 17.9 Å². The summed E-state index contributed by atoms with van der Waals surface area (Å²) < 4.78 is 8.01. The Bertz CT molecular complexity index is 1000. The number of hydrogen-bond donors (Lipinski definition) is 0. The Morgan fingerprint density at radius 3 is 2.62 bits per heavy atom. The zero-order chi connectivity index (χ0) is 18.1. The molecule has 8 heteroatoms. The molecule has 2 aromatic heterocycles. The number of fused-ring (bicyclic) bond motifs is 1. The number of ether oxygens (including phenoxy) is 1. The van der Waals surface area contributed by atoms with E-state index in [1.807, 2.05) is 30.3 Å². The lowest BCUT2D eigenvalue weighted by Crippen LogP contribution is -2.44. The lowest BCUT2D eigenvalue weighted by Gasteiger charge is -2.26. The van der Waals surface area contributed by atoms with Crippen molar-refractivity contribution in [2.45, 2.75) is 13.5 Å². The van der Waals surface area contributed by atoms with Crippen LogP contribution in [0.4, 0.5) is 0 Å². The van der Waals surface area contributed by atoms with E-state index in [1.54, 1.807) is 17.9 Å². The highest BCUT2D eigenvalue weighted by Crippen LogP contribution is 2.18. The van der Waals surface area contributed by atoms with Crippen LogP contribution in [0, 0.1) is 6.92 Å². The molecule has 26 heavy (non-hydrogen) atoms. The van der Waals surface area contributed by atoms with E-state index in [4.69, 9.17) is 4.74 Å². The molecule has 0 aliphatic carbocycles. The van der Waals surface area contributed by atoms with Gasteiger partial charge in [-0.1, -0.05) is 30.3 Å². The second kappa shape index (κ2) is 6.72.